The van der Waals surface area contributed by atoms with Gasteiger partial charge in [-0.25, -0.2) is 4.79 Å². The molecular formula is C11H20O11. The van der Waals surface area contributed by atoms with Crippen LogP contribution < -0.4 is 0 Å². The average Bonchev–Trinajstić information content (AvgIpc) is 2.54. The molecule has 0 fully saturated rings. The van der Waals surface area contributed by atoms with Crippen molar-refractivity contribution >= 4 is 12.3 Å². The number of carbonyl (C=O) groups is 2. The van der Waals surface area contributed by atoms with Crippen molar-refractivity contribution in [1.29, 1.82) is 0 Å². The topological polar surface area (TPSA) is 205 Å². The first kappa shape index (κ1) is 20.8. The number of esters is 1. The van der Waals surface area contributed by atoms with E-state index < -0.39 is 61.9 Å². The summed E-state index contributed by atoms with van der Waals surface area (Å²) < 4.78 is 4.34. The molecule has 0 radical (unpaired) electrons. The molecule has 0 rings (SSSR count). The molecule has 130 valence electrons. The van der Waals surface area contributed by atoms with Crippen molar-refractivity contribution in [2.45, 2.75) is 42.7 Å². The maximum absolute atomic E-state index is 11.5. The standard InChI is InChI=1S/C11H20O11/c12-1-4(15)7(17)6(3-14)22-11(21)10(20)9(19)8(18)5(16)2-13/h3-10,12-13,15-20H,1-2H2/t4-,5-,6+,7+,8+,9+,10-/m1/s1. The van der Waals surface area contributed by atoms with Crippen LogP contribution in [0.15, 0.2) is 0 Å². The van der Waals surface area contributed by atoms with Crippen LogP contribution in [0.25, 0.3) is 0 Å². The molecule has 0 heterocycles. The van der Waals surface area contributed by atoms with Crippen molar-refractivity contribution in [3.63, 3.8) is 0 Å². The Balaban J connectivity index is 4.77. The summed E-state index contributed by atoms with van der Waals surface area (Å²) in [5.41, 5.74) is 0. The molecule has 0 bridgehead atoms. The summed E-state index contributed by atoms with van der Waals surface area (Å²) in [5.74, 6) is -1.64. The minimum absolute atomic E-state index is 0.0838. The number of rotatable bonds is 10. The van der Waals surface area contributed by atoms with E-state index in [-0.39, 0.29) is 6.29 Å². The molecule has 0 amide bonds. The largest absolute Gasteiger partial charge is 0.450 e. The van der Waals surface area contributed by atoms with Gasteiger partial charge in [0.05, 0.1) is 13.2 Å². The minimum Gasteiger partial charge on any atom is -0.450 e. The van der Waals surface area contributed by atoms with Crippen LogP contribution in [0.4, 0.5) is 0 Å². The monoisotopic (exact) mass is 328 g/mol. The van der Waals surface area contributed by atoms with Gasteiger partial charge in [-0.2, -0.15) is 0 Å². The van der Waals surface area contributed by atoms with Crippen LogP contribution in [0.3, 0.4) is 0 Å². The Hall–Kier alpha value is -1.18. The fourth-order valence-electron chi connectivity index (χ4n) is 1.37. The van der Waals surface area contributed by atoms with Gasteiger partial charge in [-0.3, -0.25) is 4.79 Å². The van der Waals surface area contributed by atoms with Gasteiger partial charge in [-0.05, 0) is 0 Å². The van der Waals surface area contributed by atoms with E-state index in [1.807, 2.05) is 0 Å². The van der Waals surface area contributed by atoms with Gasteiger partial charge in [0.25, 0.3) is 0 Å². The van der Waals surface area contributed by atoms with Gasteiger partial charge in [0.2, 0.25) is 0 Å². The quantitative estimate of drug-likeness (QED) is 0.140. The van der Waals surface area contributed by atoms with Crippen molar-refractivity contribution in [3.8, 4) is 0 Å². The number of hydrogen-bond donors (Lipinski definition) is 8. The highest BCUT2D eigenvalue weighted by Crippen LogP contribution is 2.10. The summed E-state index contributed by atoms with van der Waals surface area (Å²) in [5, 5.41) is 72.9. The van der Waals surface area contributed by atoms with Gasteiger partial charge in [0.15, 0.2) is 18.5 Å². The summed E-state index contributed by atoms with van der Waals surface area (Å²) in [6, 6.07) is 0. The fraction of sp³-hybridized carbons (Fsp3) is 0.818. The lowest BCUT2D eigenvalue weighted by atomic mass is 10.0. The van der Waals surface area contributed by atoms with E-state index in [1.54, 1.807) is 0 Å². The lowest BCUT2D eigenvalue weighted by Gasteiger charge is -2.26. The molecule has 8 N–H and O–H groups in total. The van der Waals surface area contributed by atoms with Gasteiger partial charge >= 0.3 is 5.97 Å². The molecule has 0 aromatic carbocycles. The molecule has 0 saturated carbocycles. The van der Waals surface area contributed by atoms with Gasteiger partial charge in [-0.1, -0.05) is 0 Å². The van der Waals surface area contributed by atoms with Crippen LogP contribution in [-0.4, -0.2) is 109 Å². The number of ether oxygens (including phenoxy) is 1. The van der Waals surface area contributed by atoms with E-state index in [0.29, 0.717) is 0 Å². The zero-order chi connectivity index (χ0) is 17.4. The molecule has 0 unspecified atom stereocenters. The zero-order valence-electron chi connectivity index (χ0n) is 11.3. The summed E-state index contributed by atoms with van der Waals surface area (Å²) >= 11 is 0. The van der Waals surface area contributed by atoms with Crippen LogP contribution in [-0.2, 0) is 14.3 Å². The average molecular weight is 328 g/mol. The molecule has 11 nitrogen and oxygen atoms in total. The van der Waals surface area contributed by atoms with Gasteiger partial charge < -0.3 is 45.6 Å². The Labute approximate surface area is 124 Å². The van der Waals surface area contributed by atoms with E-state index in [4.69, 9.17) is 20.4 Å². The van der Waals surface area contributed by atoms with Crippen molar-refractivity contribution in [3.05, 3.63) is 0 Å². The molecule has 0 aliphatic rings. The van der Waals surface area contributed by atoms with E-state index in [0.717, 1.165) is 0 Å². The molecule has 0 aliphatic carbocycles. The first-order chi connectivity index (χ1) is 10.2. The maximum Gasteiger partial charge on any atom is 0.338 e. The minimum atomic E-state index is -2.41. The predicted molar refractivity (Wildman–Crippen MR) is 66.2 cm³/mol. The third kappa shape index (κ3) is 5.55. The second-order valence-corrected chi connectivity index (χ2v) is 4.45. The van der Waals surface area contributed by atoms with Gasteiger partial charge in [0.1, 0.15) is 30.5 Å². The number of carbonyl (C=O) groups excluding carboxylic acids is 2. The molecule has 22 heavy (non-hydrogen) atoms. The second kappa shape index (κ2) is 9.76. The van der Waals surface area contributed by atoms with Crippen LogP contribution in [0, 0.1) is 0 Å². The van der Waals surface area contributed by atoms with Crippen LogP contribution in [0.2, 0.25) is 0 Å². The summed E-state index contributed by atoms with van der Waals surface area (Å²) in [4.78, 5) is 22.2. The molecular weight excluding hydrogens is 308 g/mol. The SMILES string of the molecule is O=C[C@H](OC(=O)[C@H](O)[C@@H](O)[C@@H](O)[C@H](O)CO)[C@@H](O)[C@H](O)CO. The van der Waals surface area contributed by atoms with E-state index in [2.05, 4.69) is 4.74 Å². The number of aliphatic hydroxyl groups excluding tert-OH is 8. The number of aliphatic hydroxyl groups is 8. The first-order valence-corrected chi connectivity index (χ1v) is 6.17. The van der Waals surface area contributed by atoms with Crippen LogP contribution >= 0.6 is 0 Å². The van der Waals surface area contributed by atoms with Crippen molar-refractivity contribution in [2.24, 2.45) is 0 Å². The molecule has 0 spiro atoms. The Morgan fingerprint density at radius 1 is 0.864 bits per heavy atom. The zero-order valence-corrected chi connectivity index (χ0v) is 11.3. The van der Waals surface area contributed by atoms with Crippen LogP contribution in [0.1, 0.15) is 0 Å². The number of hydrogen-bond acceptors (Lipinski definition) is 11. The van der Waals surface area contributed by atoms with Crippen molar-refractivity contribution < 1.29 is 55.2 Å². The number of aldehydes is 1. The maximum atomic E-state index is 11.5. The Kier molecular flexibility index (Phi) is 9.24. The highest BCUT2D eigenvalue weighted by atomic mass is 16.6. The Bertz CT molecular complexity index is 349. The smallest absolute Gasteiger partial charge is 0.338 e. The van der Waals surface area contributed by atoms with Crippen LogP contribution in [0.5, 0.6) is 0 Å². The van der Waals surface area contributed by atoms with E-state index in [9.17, 15) is 30.0 Å². The Morgan fingerprint density at radius 2 is 1.32 bits per heavy atom. The highest BCUT2D eigenvalue weighted by molar-refractivity contribution is 5.77. The third-order valence-electron chi connectivity index (χ3n) is 2.80. The summed E-state index contributed by atoms with van der Waals surface area (Å²) in [6.07, 6.45) is -14.4. The molecule has 0 aromatic heterocycles. The van der Waals surface area contributed by atoms with E-state index in [1.165, 1.54) is 0 Å². The summed E-state index contributed by atoms with van der Waals surface area (Å²) in [6.45, 7) is -1.89. The normalized spacial score (nSPS) is 21.1. The molecule has 7 atom stereocenters. The molecule has 0 saturated heterocycles. The molecule has 11 heteroatoms. The Morgan fingerprint density at radius 3 is 1.73 bits per heavy atom. The van der Waals surface area contributed by atoms with Gasteiger partial charge in [-0.15, -0.1) is 0 Å². The van der Waals surface area contributed by atoms with Crippen molar-refractivity contribution in [2.75, 3.05) is 13.2 Å². The first-order valence-electron chi connectivity index (χ1n) is 6.17. The molecule has 0 aromatic rings. The predicted octanol–water partition coefficient (Wildman–Crippen LogP) is -5.75. The van der Waals surface area contributed by atoms with Gasteiger partial charge in [0, 0.05) is 0 Å². The van der Waals surface area contributed by atoms with Crippen molar-refractivity contribution in [1.82, 2.24) is 0 Å². The molecule has 0 aliphatic heterocycles. The lowest BCUT2D eigenvalue weighted by molar-refractivity contribution is -0.183. The van der Waals surface area contributed by atoms with E-state index >= 15 is 0 Å². The second-order valence-electron chi connectivity index (χ2n) is 4.45. The third-order valence-corrected chi connectivity index (χ3v) is 2.80. The fourth-order valence-corrected chi connectivity index (χ4v) is 1.37. The highest BCUT2D eigenvalue weighted by Gasteiger charge is 2.37. The summed E-state index contributed by atoms with van der Waals surface area (Å²) in [7, 11) is 0. The lowest BCUT2D eigenvalue weighted by Crippen LogP contribution is -2.51.